The molecule has 4 N–H and O–H groups in total. The zero-order valence-corrected chi connectivity index (χ0v) is 9.19. The van der Waals surface area contributed by atoms with Crippen LogP contribution in [0.3, 0.4) is 0 Å². The van der Waals surface area contributed by atoms with E-state index in [0.717, 1.165) is 5.56 Å². The van der Waals surface area contributed by atoms with Crippen LogP contribution in [0.25, 0.3) is 0 Å². The van der Waals surface area contributed by atoms with Crippen LogP contribution in [0.2, 0.25) is 0 Å². The third kappa shape index (κ3) is 3.77. The lowest BCUT2D eigenvalue weighted by molar-refractivity contribution is 0.111. The molecule has 0 saturated heterocycles. The molecule has 1 rings (SSSR count). The predicted octanol–water partition coefficient (Wildman–Crippen LogP) is 1.14. The topological polar surface area (TPSA) is 70.5 Å². The summed E-state index contributed by atoms with van der Waals surface area (Å²) in [6.07, 6.45) is 0. The first-order valence-electron chi connectivity index (χ1n) is 4.89. The van der Waals surface area contributed by atoms with Gasteiger partial charge >= 0.3 is 0 Å². The molecule has 0 saturated carbocycles. The summed E-state index contributed by atoms with van der Waals surface area (Å²) < 4.78 is 10.4. The average molecular weight is 210 g/mol. The van der Waals surface area contributed by atoms with Crippen molar-refractivity contribution in [1.82, 2.24) is 0 Å². The summed E-state index contributed by atoms with van der Waals surface area (Å²) in [5.74, 6) is 0.686. The predicted molar refractivity (Wildman–Crippen MR) is 60.7 cm³/mol. The Morgan fingerprint density at radius 2 is 2.13 bits per heavy atom. The third-order valence-electron chi connectivity index (χ3n) is 1.94. The molecule has 0 heterocycles. The summed E-state index contributed by atoms with van der Waals surface area (Å²) in [6, 6.07) is 5.66. The van der Waals surface area contributed by atoms with E-state index in [0.29, 0.717) is 24.7 Å². The summed E-state index contributed by atoms with van der Waals surface area (Å²) in [5.41, 5.74) is 13.0. The SMILES string of the molecule is COc1ccc(COCC(C)N)cc1N. The maximum Gasteiger partial charge on any atom is 0.141 e. The summed E-state index contributed by atoms with van der Waals surface area (Å²) in [4.78, 5) is 0. The smallest absolute Gasteiger partial charge is 0.141 e. The molecule has 1 aromatic carbocycles. The normalized spacial score (nSPS) is 12.5. The van der Waals surface area contributed by atoms with Gasteiger partial charge in [-0.25, -0.2) is 0 Å². The first-order valence-corrected chi connectivity index (χ1v) is 4.89. The minimum Gasteiger partial charge on any atom is -0.495 e. The molecule has 0 spiro atoms. The van der Waals surface area contributed by atoms with Gasteiger partial charge in [0.1, 0.15) is 5.75 Å². The van der Waals surface area contributed by atoms with Crippen molar-refractivity contribution in [3.63, 3.8) is 0 Å². The van der Waals surface area contributed by atoms with Gasteiger partial charge in [-0.05, 0) is 24.6 Å². The zero-order chi connectivity index (χ0) is 11.3. The number of ether oxygens (including phenoxy) is 2. The number of anilines is 1. The minimum atomic E-state index is 0.0561. The Balaban J connectivity index is 2.52. The fourth-order valence-corrected chi connectivity index (χ4v) is 1.24. The number of rotatable bonds is 5. The molecule has 84 valence electrons. The number of benzene rings is 1. The molecule has 0 bridgehead atoms. The summed E-state index contributed by atoms with van der Waals surface area (Å²) in [6.45, 7) is 2.98. The molecule has 1 atom stereocenters. The van der Waals surface area contributed by atoms with Crippen molar-refractivity contribution in [3.8, 4) is 5.75 Å². The van der Waals surface area contributed by atoms with Crippen LogP contribution in [0.5, 0.6) is 5.75 Å². The van der Waals surface area contributed by atoms with Gasteiger partial charge in [0.15, 0.2) is 0 Å². The van der Waals surface area contributed by atoms with Gasteiger partial charge in [0, 0.05) is 6.04 Å². The van der Waals surface area contributed by atoms with Gasteiger partial charge in [0.05, 0.1) is 26.0 Å². The van der Waals surface area contributed by atoms with E-state index in [1.807, 2.05) is 25.1 Å². The Morgan fingerprint density at radius 3 is 2.67 bits per heavy atom. The quantitative estimate of drug-likeness (QED) is 0.715. The van der Waals surface area contributed by atoms with Crippen LogP contribution in [-0.4, -0.2) is 19.8 Å². The molecule has 1 unspecified atom stereocenters. The number of methoxy groups -OCH3 is 1. The highest BCUT2D eigenvalue weighted by atomic mass is 16.5. The van der Waals surface area contributed by atoms with Crippen LogP contribution >= 0.6 is 0 Å². The highest BCUT2D eigenvalue weighted by molar-refractivity contribution is 5.54. The minimum absolute atomic E-state index is 0.0561. The molecule has 0 aliphatic heterocycles. The van der Waals surface area contributed by atoms with Crippen molar-refractivity contribution in [2.45, 2.75) is 19.6 Å². The van der Waals surface area contributed by atoms with Crippen molar-refractivity contribution in [2.75, 3.05) is 19.5 Å². The molecule has 0 aromatic heterocycles. The van der Waals surface area contributed by atoms with Gasteiger partial charge in [0.2, 0.25) is 0 Å². The molecule has 0 amide bonds. The third-order valence-corrected chi connectivity index (χ3v) is 1.94. The summed E-state index contributed by atoms with van der Waals surface area (Å²) in [7, 11) is 1.60. The maximum atomic E-state index is 5.76. The van der Waals surface area contributed by atoms with E-state index in [1.54, 1.807) is 7.11 Å². The number of nitrogens with two attached hydrogens (primary N) is 2. The van der Waals surface area contributed by atoms with Crippen molar-refractivity contribution < 1.29 is 9.47 Å². The van der Waals surface area contributed by atoms with E-state index >= 15 is 0 Å². The van der Waals surface area contributed by atoms with Crippen molar-refractivity contribution >= 4 is 5.69 Å². The molecular weight excluding hydrogens is 192 g/mol. The second-order valence-corrected chi connectivity index (χ2v) is 3.57. The first-order chi connectivity index (χ1) is 7.13. The lowest BCUT2D eigenvalue weighted by Crippen LogP contribution is -2.21. The Morgan fingerprint density at radius 1 is 1.40 bits per heavy atom. The van der Waals surface area contributed by atoms with E-state index in [2.05, 4.69) is 0 Å². The van der Waals surface area contributed by atoms with Gasteiger partial charge in [-0.3, -0.25) is 0 Å². The first kappa shape index (κ1) is 11.8. The van der Waals surface area contributed by atoms with Crippen molar-refractivity contribution in [1.29, 1.82) is 0 Å². The molecule has 15 heavy (non-hydrogen) atoms. The second-order valence-electron chi connectivity index (χ2n) is 3.57. The van der Waals surface area contributed by atoms with Gasteiger partial charge in [-0.2, -0.15) is 0 Å². The Bertz CT molecular complexity index is 313. The van der Waals surface area contributed by atoms with Crippen LogP contribution in [0.1, 0.15) is 12.5 Å². The van der Waals surface area contributed by atoms with Gasteiger partial charge in [0.25, 0.3) is 0 Å². The Hall–Kier alpha value is -1.26. The summed E-state index contributed by atoms with van der Waals surface area (Å²) in [5, 5.41) is 0. The van der Waals surface area contributed by atoms with Crippen LogP contribution in [0.15, 0.2) is 18.2 Å². The van der Waals surface area contributed by atoms with E-state index in [-0.39, 0.29) is 6.04 Å². The monoisotopic (exact) mass is 210 g/mol. The van der Waals surface area contributed by atoms with Crippen LogP contribution in [-0.2, 0) is 11.3 Å². The van der Waals surface area contributed by atoms with Gasteiger partial charge < -0.3 is 20.9 Å². The molecule has 1 aromatic rings. The highest BCUT2D eigenvalue weighted by Gasteiger charge is 2.01. The van der Waals surface area contributed by atoms with Crippen LogP contribution in [0, 0.1) is 0 Å². The van der Waals surface area contributed by atoms with Gasteiger partial charge in [-0.1, -0.05) is 6.07 Å². The average Bonchev–Trinajstić information content (AvgIpc) is 2.17. The highest BCUT2D eigenvalue weighted by Crippen LogP contribution is 2.22. The molecule has 0 radical (unpaired) electrons. The van der Waals surface area contributed by atoms with Crippen molar-refractivity contribution in [2.24, 2.45) is 5.73 Å². The number of nitrogen functional groups attached to an aromatic ring is 1. The Labute approximate surface area is 90.2 Å². The van der Waals surface area contributed by atoms with Gasteiger partial charge in [-0.15, -0.1) is 0 Å². The second kappa shape index (κ2) is 5.58. The standard InChI is InChI=1S/C11H18N2O2/c1-8(12)6-15-7-9-3-4-11(14-2)10(13)5-9/h3-5,8H,6-7,12-13H2,1-2H3. The van der Waals surface area contributed by atoms with E-state index in [4.69, 9.17) is 20.9 Å². The molecule has 4 heteroatoms. The number of hydrogen-bond donors (Lipinski definition) is 2. The van der Waals surface area contributed by atoms with Crippen LogP contribution in [0.4, 0.5) is 5.69 Å². The fourth-order valence-electron chi connectivity index (χ4n) is 1.24. The molecule has 0 aliphatic carbocycles. The molecule has 0 aliphatic rings. The lowest BCUT2D eigenvalue weighted by atomic mass is 10.2. The lowest BCUT2D eigenvalue weighted by Gasteiger charge is -2.09. The van der Waals surface area contributed by atoms with Crippen molar-refractivity contribution in [3.05, 3.63) is 23.8 Å². The van der Waals surface area contributed by atoms with E-state index in [1.165, 1.54) is 0 Å². The number of hydrogen-bond acceptors (Lipinski definition) is 4. The molecular formula is C11H18N2O2. The van der Waals surface area contributed by atoms with E-state index < -0.39 is 0 Å². The maximum absolute atomic E-state index is 5.76. The van der Waals surface area contributed by atoms with Crippen LogP contribution < -0.4 is 16.2 Å². The summed E-state index contributed by atoms with van der Waals surface area (Å²) >= 11 is 0. The Kier molecular flexibility index (Phi) is 4.39. The van der Waals surface area contributed by atoms with E-state index in [9.17, 15) is 0 Å². The molecule has 0 fully saturated rings. The molecule has 4 nitrogen and oxygen atoms in total. The zero-order valence-electron chi connectivity index (χ0n) is 9.19. The largest absolute Gasteiger partial charge is 0.495 e. The fraction of sp³-hybridized carbons (Fsp3) is 0.455.